The first kappa shape index (κ1) is 22.1. The molecule has 8 nitrogen and oxygen atoms in total. The fourth-order valence-electron chi connectivity index (χ4n) is 2.88. The molecule has 0 bridgehead atoms. The average molecular weight is 450 g/mol. The highest BCUT2D eigenvalue weighted by Gasteiger charge is 2.38. The molecule has 0 spiro atoms. The van der Waals surface area contributed by atoms with Gasteiger partial charge in [-0.25, -0.2) is 8.42 Å². The Morgan fingerprint density at radius 3 is 2.63 bits per heavy atom. The van der Waals surface area contributed by atoms with E-state index in [0.29, 0.717) is 11.4 Å². The minimum absolute atomic E-state index is 0.0305. The summed E-state index contributed by atoms with van der Waals surface area (Å²) in [5.41, 5.74) is 0.978. The Balaban J connectivity index is 1.53. The monoisotopic (exact) mass is 449 g/mol. The summed E-state index contributed by atoms with van der Waals surface area (Å²) in [5, 5.41) is 7.13. The van der Waals surface area contributed by atoms with Gasteiger partial charge < -0.3 is 15.4 Å². The molecule has 1 aliphatic rings. The van der Waals surface area contributed by atoms with Crippen molar-refractivity contribution in [1.82, 2.24) is 10.6 Å². The molecule has 3 N–H and O–H groups in total. The molecular formula is C20H23N3O5S2. The zero-order valence-electron chi connectivity index (χ0n) is 16.5. The fraction of sp³-hybridized carbons (Fsp3) is 0.300. The molecule has 0 radical (unpaired) electrons. The molecule has 2 aromatic rings. The van der Waals surface area contributed by atoms with Crippen molar-refractivity contribution in [2.24, 2.45) is 0 Å². The maximum Gasteiger partial charge on any atom is 0.241 e. The van der Waals surface area contributed by atoms with Crippen LogP contribution in [0.4, 0.5) is 5.69 Å². The third kappa shape index (κ3) is 5.32. The summed E-state index contributed by atoms with van der Waals surface area (Å²) in [6.45, 7) is 1.83. The number of rotatable bonds is 7. The lowest BCUT2D eigenvalue weighted by molar-refractivity contribution is -0.122. The van der Waals surface area contributed by atoms with Crippen molar-refractivity contribution in [3.8, 4) is 5.75 Å². The Kier molecular flexibility index (Phi) is 7.01. The molecule has 2 aromatic carbocycles. The summed E-state index contributed by atoms with van der Waals surface area (Å²) in [6.07, 6.45) is 0. The first-order chi connectivity index (χ1) is 14.3. The summed E-state index contributed by atoms with van der Waals surface area (Å²) < 4.78 is 30.6. The van der Waals surface area contributed by atoms with Crippen molar-refractivity contribution >= 4 is 39.1 Å². The maximum absolute atomic E-state index is 12.8. The number of amides is 2. The zero-order chi connectivity index (χ0) is 21.7. The smallest absolute Gasteiger partial charge is 0.241 e. The molecule has 1 saturated heterocycles. The van der Waals surface area contributed by atoms with Gasteiger partial charge in [-0.05, 0) is 31.2 Å². The topological polar surface area (TPSA) is 114 Å². The number of methoxy groups -OCH3 is 1. The Morgan fingerprint density at radius 2 is 1.97 bits per heavy atom. The van der Waals surface area contributed by atoms with Gasteiger partial charge in [0.05, 0.1) is 17.8 Å². The van der Waals surface area contributed by atoms with Gasteiger partial charge in [-0.15, -0.1) is 11.8 Å². The number of nitrogens with one attached hydrogen (secondary N) is 3. The molecule has 1 aliphatic heterocycles. The SMILES string of the molecule is COc1cccc(NC(=O)CSC2NCC(S(=O)(=O)c3ccc(C)cc3)C(=O)N2)c1. The van der Waals surface area contributed by atoms with Crippen molar-refractivity contribution in [1.29, 1.82) is 0 Å². The van der Waals surface area contributed by atoms with Crippen LogP contribution in [0.2, 0.25) is 0 Å². The molecule has 2 unspecified atom stereocenters. The van der Waals surface area contributed by atoms with Crippen LogP contribution in [-0.4, -0.2) is 50.4 Å². The number of thioether (sulfide) groups is 1. The number of aryl methyl sites for hydroxylation is 1. The van der Waals surface area contributed by atoms with E-state index in [9.17, 15) is 18.0 Å². The van der Waals surface area contributed by atoms with E-state index in [4.69, 9.17) is 4.74 Å². The van der Waals surface area contributed by atoms with Gasteiger partial charge in [0.1, 0.15) is 11.2 Å². The van der Waals surface area contributed by atoms with Crippen molar-refractivity contribution < 1.29 is 22.7 Å². The first-order valence-corrected chi connectivity index (χ1v) is 11.8. The van der Waals surface area contributed by atoms with E-state index in [-0.39, 0.29) is 23.1 Å². The third-order valence-electron chi connectivity index (χ3n) is 4.51. The van der Waals surface area contributed by atoms with E-state index in [1.165, 1.54) is 23.9 Å². The Labute approximate surface area is 179 Å². The van der Waals surface area contributed by atoms with E-state index in [1.54, 1.807) is 43.5 Å². The van der Waals surface area contributed by atoms with Crippen LogP contribution in [0.3, 0.4) is 0 Å². The molecular weight excluding hydrogens is 426 g/mol. The highest BCUT2D eigenvalue weighted by molar-refractivity contribution is 8.00. The number of benzene rings is 2. The predicted octanol–water partition coefficient (Wildman–Crippen LogP) is 1.52. The molecule has 1 heterocycles. The Hall–Kier alpha value is -2.56. The average Bonchev–Trinajstić information content (AvgIpc) is 2.72. The van der Waals surface area contributed by atoms with Crippen LogP contribution in [0.25, 0.3) is 0 Å². The van der Waals surface area contributed by atoms with Gasteiger partial charge >= 0.3 is 0 Å². The third-order valence-corrected chi connectivity index (χ3v) is 7.62. The summed E-state index contributed by atoms with van der Waals surface area (Å²) >= 11 is 1.17. The van der Waals surface area contributed by atoms with Gasteiger partial charge in [-0.1, -0.05) is 23.8 Å². The predicted molar refractivity (Wildman–Crippen MR) is 116 cm³/mol. The van der Waals surface area contributed by atoms with Gasteiger partial charge in [0.2, 0.25) is 11.8 Å². The van der Waals surface area contributed by atoms with Crippen LogP contribution in [0.5, 0.6) is 5.75 Å². The van der Waals surface area contributed by atoms with Crippen LogP contribution < -0.4 is 20.7 Å². The van der Waals surface area contributed by atoms with E-state index < -0.39 is 26.5 Å². The van der Waals surface area contributed by atoms with E-state index in [2.05, 4.69) is 16.0 Å². The number of ether oxygens (including phenoxy) is 1. The molecule has 10 heteroatoms. The van der Waals surface area contributed by atoms with E-state index >= 15 is 0 Å². The van der Waals surface area contributed by atoms with Crippen LogP contribution in [0.15, 0.2) is 53.4 Å². The van der Waals surface area contributed by atoms with Crippen molar-refractivity contribution in [3.05, 3.63) is 54.1 Å². The maximum atomic E-state index is 12.8. The number of carbonyl (C=O) groups excluding carboxylic acids is 2. The second-order valence-corrected chi connectivity index (χ2v) is 9.96. The van der Waals surface area contributed by atoms with Gasteiger partial charge in [0.25, 0.3) is 0 Å². The van der Waals surface area contributed by atoms with Gasteiger partial charge in [0, 0.05) is 18.3 Å². The minimum atomic E-state index is -3.80. The zero-order valence-corrected chi connectivity index (χ0v) is 18.2. The second kappa shape index (κ2) is 9.50. The Bertz CT molecular complexity index is 1020. The molecule has 3 rings (SSSR count). The number of sulfone groups is 1. The first-order valence-electron chi connectivity index (χ1n) is 9.19. The van der Waals surface area contributed by atoms with Gasteiger partial charge in [-0.2, -0.15) is 0 Å². The van der Waals surface area contributed by atoms with E-state index in [0.717, 1.165) is 5.56 Å². The number of anilines is 1. The molecule has 0 aliphatic carbocycles. The highest BCUT2D eigenvalue weighted by atomic mass is 32.2. The fourth-order valence-corrected chi connectivity index (χ4v) is 5.19. The lowest BCUT2D eigenvalue weighted by Gasteiger charge is -2.29. The lowest BCUT2D eigenvalue weighted by atomic mass is 10.2. The minimum Gasteiger partial charge on any atom is -0.497 e. The van der Waals surface area contributed by atoms with Crippen LogP contribution >= 0.6 is 11.8 Å². The van der Waals surface area contributed by atoms with Crippen LogP contribution in [0, 0.1) is 6.92 Å². The van der Waals surface area contributed by atoms with Gasteiger partial charge in [0.15, 0.2) is 15.1 Å². The molecule has 160 valence electrons. The van der Waals surface area contributed by atoms with Crippen LogP contribution in [0.1, 0.15) is 5.56 Å². The molecule has 2 atom stereocenters. The quantitative estimate of drug-likeness (QED) is 0.587. The standard InChI is InChI=1S/C20H23N3O5S2/c1-13-6-8-16(9-7-13)30(26,27)17-11-21-20(23-19(17)25)29-12-18(24)22-14-4-3-5-15(10-14)28-2/h3-10,17,20-21H,11-12H2,1-2H3,(H,22,24)(H,23,25). The van der Waals surface area contributed by atoms with E-state index in [1.807, 2.05) is 6.92 Å². The molecule has 30 heavy (non-hydrogen) atoms. The number of hydrogen-bond acceptors (Lipinski definition) is 7. The summed E-state index contributed by atoms with van der Waals surface area (Å²) in [7, 11) is -2.26. The molecule has 1 fully saturated rings. The highest BCUT2D eigenvalue weighted by Crippen LogP contribution is 2.21. The largest absolute Gasteiger partial charge is 0.497 e. The summed E-state index contributed by atoms with van der Waals surface area (Å²) in [4.78, 5) is 24.7. The van der Waals surface area contributed by atoms with Crippen molar-refractivity contribution in [2.45, 2.75) is 22.6 Å². The normalized spacial score (nSPS) is 19.1. The number of carbonyl (C=O) groups is 2. The molecule has 0 aromatic heterocycles. The van der Waals surface area contributed by atoms with Gasteiger partial charge in [-0.3, -0.25) is 14.9 Å². The number of hydrogen-bond donors (Lipinski definition) is 3. The molecule has 0 saturated carbocycles. The van der Waals surface area contributed by atoms with Crippen molar-refractivity contribution in [2.75, 3.05) is 24.7 Å². The molecule has 2 amide bonds. The second-order valence-electron chi connectivity index (χ2n) is 6.73. The van der Waals surface area contributed by atoms with Crippen molar-refractivity contribution in [3.63, 3.8) is 0 Å². The Morgan fingerprint density at radius 1 is 1.23 bits per heavy atom. The van der Waals surface area contributed by atoms with Crippen LogP contribution in [-0.2, 0) is 19.4 Å². The summed E-state index contributed by atoms with van der Waals surface area (Å²) in [5.74, 6) is -0.133. The lowest BCUT2D eigenvalue weighted by Crippen LogP contribution is -2.59. The summed E-state index contributed by atoms with van der Waals surface area (Å²) in [6, 6.07) is 13.4.